The number of esters is 1. The van der Waals surface area contributed by atoms with Crippen LogP contribution in [0.2, 0.25) is 0 Å². The zero-order chi connectivity index (χ0) is 18.7. The van der Waals surface area contributed by atoms with Crippen molar-refractivity contribution >= 4 is 5.97 Å². The van der Waals surface area contributed by atoms with Gasteiger partial charge in [-0.2, -0.15) is 10.2 Å². The molecule has 142 valence electrons. The van der Waals surface area contributed by atoms with Crippen LogP contribution in [0.15, 0.2) is 11.0 Å². The number of aromatic amines is 1. The Hall–Kier alpha value is -2.42. The van der Waals surface area contributed by atoms with Crippen LogP contribution in [0.4, 0.5) is 0 Å². The molecule has 1 unspecified atom stereocenters. The van der Waals surface area contributed by atoms with Crippen molar-refractivity contribution < 1.29 is 9.53 Å². The summed E-state index contributed by atoms with van der Waals surface area (Å²) >= 11 is 0. The molecule has 1 N–H and O–H groups in total. The monoisotopic (exact) mass is 362 g/mol. The Morgan fingerprint density at radius 2 is 2.23 bits per heavy atom. The van der Waals surface area contributed by atoms with Gasteiger partial charge in [0.1, 0.15) is 11.5 Å². The van der Waals surface area contributed by atoms with Gasteiger partial charge in [-0.3, -0.25) is 14.6 Å². The molecule has 0 aliphatic carbocycles. The van der Waals surface area contributed by atoms with E-state index in [4.69, 9.17) is 4.74 Å². The van der Waals surface area contributed by atoms with E-state index < -0.39 is 0 Å². The maximum atomic E-state index is 12.2. The molecule has 1 atom stereocenters. The summed E-state index contributed by atoms with van der Waals surface area (Å²) in [4.78, 5) is 26.5. The molecule has 0 amide bonds. The van der Waals surface area contributed by atoms with Gasteiger partial charge in [-0.15, -0.1) is 0 Å². The molecule has 1 fully saturated rings. The highest BCUT2D eigenvalue weighted by atomic mass is 16.5. The molecule has 3 heterocycles. The summed E-state index contributed by atoms with van der Waals surface area (Å²) < 4.78 is 8.23. The zero-order valence-electron chi connectivity index (χ0n) is 15.6. The van der Waals surface area contributed by atoms with Crippen LogP contribution >= 0.6 is 0 Å². The SMILES string of the molecule is CCOC(=O)c1[nH]ncc1CN1CCCC(c2nn(C)c(=O)n2CC)C1. The van der Waals surface area contributed by atoms with Crippen molar-refractivity contribution in [1.82, 2.24) is 29.4 Å². The van der Waals surface area contributed by atoms with E-state index in [1.165, 1.54) is 4.68 Å². The second kappa shape index (κ2) is 7.86. The number of nitrogens with zero attached hydrogens (tertiary/aromatic N) is 5. The summed E-state index contributed by atoms with van der Waals surface area (Å²) in [6.07, 6.45) is 3.70. The molecule has 0 spiro atoms. The number of nitrogens with one attached hydrogen (secondary N) is 1. The van der Waals surface area contributed by atoms with Crippen LogP contribution in [0.3, 0.4) is 0 Å². The van der Waals surface area contributed by atoms with Crippen LogP contribution in [0.1, 0.15) is 54.5 Å². The van der Waals surface area contributed by atoms with Gasteiger partial charge in [0.05, 0.1) is 12.8 Å². The van der Waals surface area contributed by atoms with Gasteiger partial charge in [-0.05, 0) is 33.2 Å². The highest BCUT2D eigenvalue weighted by Gasteiger charge is 2.27. The number of piperidine rings is 1. The number of rotatable bonds is 6. The molecule has 2 aromatic heterocycles. The standard InChI is InChI=1S/C17H26N6O3/c1-4-23-15(20-21(3)17(23)25)12-7-6-8-22(10-12)11-13-9-18-19-14(13)16(24)26-5-2/h9,12H,4-8,10-11H2,1-3H3,(H,18,19). The smallest absolute Gasteiger partial charge is 0.356 e. The van der Waals surface area contributed by atoms with Gasteiger partial charge in [-0.1, -0.05) is 0 Å². The molecule has 26 heavy (non-hydrogen) atoms. The second-order valence-corrected chi connectivity index (χ2v) is 6.57. The van der Waals surface area contributed by atoms with Crippen LogP contribution in [-0.4, -0.2) is 55.1 Å². The Labute approximate surface area is 151 Å². The number of H-pyrrole nitrogens is 1. The van der Waals surface area contributed by atoms with Gasteiger partial charge in [0.25, 0.3) is 0 Å². The van der Waals surface area contributed by atoms with Crippen LogP contribution in [-0.2, 0) is 24.9 Å². The van der Waals surface area contributed by atoms with Gasteiger partial charge in [-0.25, -0.2) is 14.3 Å². The largest absolute Gasteiger partial charge is 0.461 e. The highest BCUT2D eigenvalue weighted by molar-refractivity contribution is 5.88. The number of hydrogen-bond donors (Lipinski definition) is 1. The minimum absolute atomic E-state index is 0.0703. The minimum atomic E-state index is -0.377. The molecule has 9 heteroatoms. The number of hydrogen-bond acceptors (Lipinski definition) is 6. The lowest BCUT2D eigenvalue weighted by Crippen LogP contribution is -2.35. The van der Waals surface area contributed by atoms with E-state index in [0.717, 1.165) is 37.3 Å². The van der Waals surface area contributed by atoms with E-state index >= 15 is 0 Å². The summed E-state index contributed by atoms with van der Waals surface area (Å²) in [5, 5.41) is 11.2. The zero-order valence-corrected chi connectivity index (χ0v) is 15.6. The molecule has 3 rings (SSSR count). The average molecular weight is 362 g/mol. The van der Waals surface area contributed by atoms with Gasteiger partial charge in [0.15, 0.2) is 0 Å². The van der Waals surface area contributed by atoms with Crippen LogP contribution in [0, 0.1) is 0 Å². The van der Waals surface area contributed by atoms with E-state index in [1.54, 1.807) is 24.7 Å². The van der Waals surface area contributed by atoms with E-state index in [0.29, 0.717) is 25.4 Å². The molecule has 9 nitrogen and oxygen atoms in total. The van der Waals surface area contributed by atoms with E-state index in [2.05, 4.69) is 20.2 Å². The van der Waals surface area contributed by atoms with Crippen LogP contribution in [0.5, 0.6) is 0 Å². The van der Waals surface area contributed by atoms with Crippen molar-refractivity contribution in [3.8, 4) is 0 Å². The van der Waals surface area contributed by atoms with Gasteiger partial charge in [0.2, 0.25) is 0 Å². The number of likely N-dealkylation sites (tertiary alicyclic amines) is 1. The van der Waals surface area contributed by atoms with E-state index in [-0.39, 0.29) is 17.6 Å². The summed E-state index contributed by atoms with van der Waals surface area (Å²) in [5.74, 6) is 0.677. The van der Waals surface area contributed by atoms with Gasteiger partial charge in [0, 0.05) is 38.2 Å². The normalized spacial score (nSPS) is 18.2. The minimum Gasteiger partial charge on any atom is -0.461 e. The first-order chi connectivity index (χ1) is 12.5. The van der Waals surface area contributed by atoms with Crippen molar-refractivity contribution in [2.24, 2.45) is 7.05 Å². The molecular weight excluding hydrogens is 336 g/mol. The average Bonchev–Trinajstić information content (AvgIpc) is 3.20. The molecule has 2 aromatic rings. The number of aromatic nitrogens is 5. The van der Waals surface area contributed by atoms with Crippen LogP contribution in [0.25, 0.3) is 0 Å². The molecule has 0 aromatic carbocycles. The fraction of sp³-hybridized carbons (Fsp3) is 0.647. The molecule has 0 radical (unpaired) electrons. The lowest BCUT2D eigenvalue weighted by atomic mass is 9.96. The van der Waals surface area contributed by atoms with Crippen molar-refractivity contribution in [2.45, 2.75) is 45.7 Å². The van der Waals surface area contributed by atoms with Crippen molar-refractivity contribution in [3.05, 3.63) is 33.8 Å². The summed E-state index contributed by atoms with van der Waals surface area (Å²) in [5.41, 5.74) is 1.18. The number of aryl methyl sites for hydroxylation is 1. The van der Waals surface area contributed by atoms with Gasteiger partial charge < -0.3 is 4.74 Å². The number of carbonyl (C=O) groups excluding carboxylic acids is 1. The van der Waals surface area contributed by atoms with E-state index in [9.17, 15) is 9.59 Å². The Morgan fingerprint density at radius 3 is 2.96 bits per heavy atom. The molecule has 0 bridgehead atoms. The molecule has 1 saturated heterocycles. The summed E-state index contributed by atoms with van der Waals surface area (Å²) in [6, 6.07) is 0. The van der Waals surface area contributed by atoms with Crippen LogP contribution < -0.4 is 5.69 Å². The number of carbonyl (C=O) groups is 1. The maximum Gasteiger partial charge on any atom is 0.356 e. The fourth-order valence-corrected chi connectivity index (χ4v) is 3.58. The van der Waals surface area contributed by atoms with Crippen molar-refractivity contribution in [1.29, 1.82) is 0 Å². The lowest BCUT2D eigenvalue weighted by Gasteiger charge is -2.32. The predicted octanol–water partition coefficient (Wildman–Crippen LogP) is 0.881. The number of ether oxygens (including phenoxy) is 1. The third-order valence-corrected chi connectivity index (χ3v) is 4.81. The summed E-state index contributed by atoms with van der Waals surface area (Å²) in [7, 11) is 1.69. The topological polar surface area (TPSA) is 98.0 Å². The molecular formula is C17H26N6O3. The third-order valence-electron chi connectivity index (χ3n) is 4.81. The van der Waals surface area contributed by atoms with E-state index in [1.807, 2.05) is 6.92 Å². The molecule has 0 saturated carbocycles. The first-order valence-corrected chi connectivity index (χ1v) is 9.10. The molecule has 1 aliphatic heterocycles. The fourth-order valence-electron chi connectivity index (χ4n) is 3.58. The lowest BCUT2D eigenvalue weighted by molar-refractivity contribution is 0.0516. The quantitative estimate of drug-likeness (QED) is 0.766. The Kier molecular flexibility index (Phi) is 5.55. The highest BCUT2D eigenvalue weighted by Crippen LogP contribution is 2.26. The summed E-state index contributed by atoms with van der Waals surface area (Å²) in [6.45, 7) is 7.04. The molecule has 1 aliphatic rings. The Balaban J connectivity index is 1.74. The third kappa shape index (κ3) is 3.57. The van der Waals surface area contributed by atoms with Crippen molar-refractivity contribution in [2.75, 3.05) is 19.7 Å². The van der Waals surface area contributed by atoms with Crippen molar-refractivity contribution in [3.63, 3.8) is 0 Å². The first kappa shape index (κ1) is 18.4. The first-order valence-electron chi connectivity index (χ1n) is 9.10. The Morgan fingerprint density at radius 1 is 1.42 bits per heavy atom. The maximum absolute atomic E-state index is 12.2. The predicted molar refractivity (Wildman–Crippen MR) is 94.9 cm³/mol. The Bertz CT molecular complexity index is 821. The second-order valence-electron chi connectivity index (χ2n) is 6.57. The van der Waals surface area contributed by atoms with Gasteiger partial charge >= 0.3 is 11.7 Å².